The molecule has 5 nitrogen and oxygen atoms in total. The molecule has 0 aliphatic carbocycles. The third-order valence-electron chi connectivity index (χ3n) is 4.07. The molecule has 0 saturated carbocycles. The molecule has 1 heterocycles. The monoisotopic (exact) mass is 292 g/mol. The number of anilines is 1. The molecule has 1 saturated heterocycles. The molecule has 118 valence electrons. The van der Waals surface area contributed by atoms with Gasteiger partial charge in [-0.05, 0) is 37.9 Å². The van der Waals surface area contributed by atoms with Gasteiger partial charge in [-0.3, -0.25) is 9.80 Å². The lowest BCUT2D eigenvalue weighted by Gasteiger charge is -2.35. The van der Waals surface area contributed by atoms with E-state index in [9.17, 15) is 0 Å². The molecule has 0 aromatic heterocycles. The molecule has 1 aliphatic rings. The van der Waals surface area contributed by atoms with Crippen molar-refractivity contribution < 1.29 is 4.74 Å². The summed E-state index contributed by atoms with van der Waals surface area (Å²) in [5.74, 6) is 0.879. The molecule has 1 aliphatic heterocycles. The lowest BCUT2D eigenvalue weighted by atomic mass is 10.1. The minimum Gasteiger partial charge on any atom is -0.497 e. The van der Waals surface area contributed by atoms with Gasteiger partial charge in [0, 0.05) is 51.5 Å². The Kier molecular flexibility index (Phi) is 5.85. The topological polar surface area (TPSA) is 45.0 Å². The fraction of sp³-hybridized carbons (Fsp3) is 0.625. The lowest BCUT2D eigenvalue weighted by molar-refractivity contribution is 0.120. The molecule has 0 unspecified atom stereocenters. The van der Waals surface area contributed by atoms with Crippen LogP contribution in [0.2, 0.25) is 0 Å². The van der Waals surface area contributed by atoms with Crippen molar-refractivity contribution >= 4 is 5.69 Å². The Balaban J connectivity index is 1.83. The van der Waals surface area contributed by atoms with E-state index in [0.29, 0.717) is 0 Å². The van der Waals surface area contributed by atoms with E-state index in [1.807, 2.05) is 18.2 Å². The summed E-state index contributed by atoms with van der Waals surface area (Å²) >= 11 is 0. The number of benzene rings is 1. The minimum atomic E-state index is 0.853. The van der Waals surface area contributed by atoms with Crippen molar-refractivity contribution in [2.24, 2.45) is 0 Å². The van der Waals surface area contributed by atoms with Crippen molar-refractivity contribution in [3.8, 4) is 5.75 Å². The lowest BCUT2D eigenvalue weighted by Crippen LogP contribution is -2.47. The van der Waals surface area contributed by atoms with E-state index in [1.54, 1.807) is 7.11 Å². The third-order valence-corrected chi connectivity index (χ3v) is 4.07. The molecule has 0 bridgehead atoms. The van der Waals surface area contributed by atoms with Gasteiger partial charge in [-0.15, -0.1) is 0 Å². The second-order valence-corrected chi connectivity index (χ2v) is 5.99. The van der Waals surface area contributed by atoms with E-state index < -0.39 is 0 Å². The van der Waals surface area contributed by atoms with Crippen molar-refractivity contribution in [2.75, 3.05) is 66.2 Å². The smallest absolute Gasteiger partial charge is 0.119 e. The van der Waals surface area contributed by atoms with Gasteiger partial charge in [-0.25, -0.2) is 0 Å². The summed E-state index contributed by atoms with van der Waals surface area (Å²) in [6.45, 7) is 7.67. The maximum atomic E-state index is 6.07. The molecule has 1 aromatic carbocycles. The molecule has 1 fully saturated rings. The number of hydrogen-bond acceptors (Lipinski definition) is 5. The highest BCUT2D eigenvalue weighted by atomic mass is 16.5. The first-order valence-corrected chi connectivity index (χ1v) is 7.60. The van der Waals surface area contributed by atoms with E-state index in [2.05, 4.69) is 28.8 Å². The average molecular weight is 292 g/mol. The minimum absolute atomic E-state index is 0.853. The first-order valence-electron chi connectivity index (χ1n) is 7.60. The van der Waals surface area contributed by atoms with Gasteiger partial charge in [0.25, 0.3) is 0 Å². The van der Waals surface area contributed by atoms with Crippen LogP contribution in [-0.4, -0.2) is 75.2 Å². The SMILES string of the molecule is COc1ccc(N)c(CN2CCN(CCN(C)C)CC2)c1. The van der Waals surface area contributed by atoms with Gasteiger partial charge in [0.1, 0.15) is 5.75 Å². The van der Waals surface area contributed by atoms with Crippen LogP contribution in [0, 0.1) is 0 Å². The molecule has 2 N–H and O–H groups in total. The molecule has 0 radical (unpaired) electrons. The molecular weight excluding hydrogens is 264 g/mol. The summed E-state index contributed by atoms with van der Waals surface area (Å²) in [7, 11) is 5.95. The zero-order valence-electron chi connectivity index (χ0n) is 13.5. The van der Waals surface area contributed by atoms with Crippen LogP contribution in [0.3, 0.4) is 0 Å². The third kappa shape index (κ3) is 4.88. The van der Waals surface area contributed by atoms with Gasteiger partial charge in [-0.1, -0.05) is 0 Å². The molecule has 5 heteroatoms. The largest absolute Gasteiger partial charge is 0.497 e. The number of rotatable bonds is 6. The van der Waals surface area contributed by atoms with Gasteiger partial charge in [0.2, 0.25) is 0 Å². The van der Waals surface area contributed by atoms with Crippen LogP contribution in [0.25, 0.3) is 0 Å². The predicted molar refractivity (Wildman–Crippen MR) is 87.7 cm³/mol. The summed E-state index contributed by atoms with van der Waals surface area (Å²) in [5.41, 5.74) is 8.09. The van der Waals surface area contributed by atoms with Crippen LogP contribution >= 0.6 is 0 Å². The standard InChI is InChI=1S/C16H28N4O/c1-18(2)6-7-19-8-10-20(11-9-19)13-14-12-15(21-3)4-5-16(14)17/h4-5,12H,6-11,13,17H2,1-3H3. The van der Waals surface area contributed by atoms with Crippen LogP contribution < -0.4 is 10.5 Å². The van der Waals surface area contributed by atoms with E-state index in [-0.39, 0.29) is 0 Å². The summed E-state index contributed by atoms with van der Waals surface area (Å²) in [5, 5.41) is 0. The molecule has 21 heavy (non-hydrogen) atoms. The normalized spacial score (nSPS) is 17.3. The number of ether oxygens (including phenoxy) is 1. The quantitative estimate of drug-likeness (QED) is 0.791. The van der Waals surface area contributed by atoms with Crippen LogP contribution in [-0.2, 0) is 6.54 Å². The van der Waals surface area contributed by atoms with Crippen molar-refractivity contribution in [2.45, 2.75) is 6.54 Å². The van der Waals surface area contributed by atoms with Crippen molar-refractivity contribution in [3.05, 3.63) is 23.8 Å². The van der Waals surface area contributed by atoms with E-state index in [0.717, 1.165) is 62.8 Å². The summed E-state index contributed by atoms with van der Waals surface area (Å²) in [4.78, 5) is 7.24. The Morgan fingerprint density at radius 3 is 2.43 bits per heavy atom. The molecule has 0 atom stereocenters. The second kappa shape index (κ2) is 7.64. The van der Waals surface area contributed by atoms with Crippen molar-refractivity contribution in [3.63, 3.8) is 0 Å². The number of likely N-dealkylation sites (N-methyl/N-ethyl adjacent to an activating group) is 1. The molecule has 1 aromatic rings. The zero-order chi connectivity index (χ0) is 15.2. The van der Waals surface area contributed by atoms with E-state index in [1.165, 1.54) is 0 Å². The molecule has 0 amide bonds. The van der Waals surface area contributed by atoms with E-state index in [4.69, 9.17) is 10.5 Å². The highest BCUT2D eigenvalue weighted by molar-refractivity contribution is 5.50. The predicted octanol–water partition coefficient (Wildman–Crippen LogP) is 0.957. The summed E-state index contributed by atoms with van der Waals surface area (Å²) < 4.78 is 5.28. The number of nitrogens with two attached hydrogens (primary N) is 1. The van der Waals surface area contributed by atoms with E-state index >= 15 is 0 Å². The maximum Gasteiger partial charge on any atom is 0.119 e. The maximum absolute atomic E-state index is 6.07. The Morgan fingerprint density at radius 1 is 1.14 bits per heavy atom. The highest BCUT2D eigenvalue weighted by Gasteiger charge is 2.17. The highest BCUT2D eigenvalue weighted by Crippen LogP contribution is 2.21. The number of hydrogen-bond donors (Lipinski definition) is 1. The van der Waals surface area contributed by atoms with Gasteiger partial charge in [0.05, 0.1) is 7.11 Å². The number of methoxy groups -OCH3 is 1. The van der Waals surface area contributed by atoms with Gasteiger partial charge in [0.15, 0.2) is 0 Å². The Hall–Kier alpha value is -1.30. The van der Waals surface area contributed by atoms with Gasteiger partial charge in [-0.2, -0.15) is 0 Å². The van der Waals surface area contributed by atoms with Gasteiger partial charge < -0.3 is 15.4 Å². The van der Waals surface area contributed by atoms with Crippen LogP contribution in [0.15, 0.2) is 18.2 Å². The fourth-order valence-electron chi connectivity index (χ4n) is 2.60. The number of nitrogen functional groups attached to an aromatic ring is 1. The molecule has 0 spiro atoms. The van der Waals surface area contributed by atoms with Crippen LogP contribution in [0.1, 0.15) is 5.56 Å². The Morgan fingerprint density at radius 2 is 1.81 bits per heavy atom. The van der Waals surface area contributed by atoms with Crippen molar-refractivity contribution in [1.82, 2.24) is 14.7 Å². The number of piperazine rings is 1. The first-order chi connectivity index (χ1) is 10.1. The Labute approximate surface area is 128 Å². The number of nitrogens with zero attached hydrogens (tertiary/aromatic N) is 3. The van der Waals surface area contributed by atoms with Crippen LogP contribution in [0.5, 0.6) is 5.75 Å². The summed E-state index contributed by atoms with van der Waals surface area (Å²) in [6.07, 6.45) is 0. The Bertz CT molecular complexity index is 442. The molecular formula is C16H28N4O. The van der Waals surface area contributed by atoms with Gasteiger partial charge >= 0.3 is 0 Å². The first kappa shape index (κ1) is 16.1. The second-order valence-electron chi connectivity index (χ2n) is 5.99. The van der Waals surface area contributed by atoms with Crippen molar-refractivity contribution in [1.29, 1.82) is 0 Å². The average Bonchev–Trinajstić information content (AvgIpc) is 2.48. The zero-order valence-corrected chi connectivity index (χ0v) is 13.5. The fourth-order valence-corrected chi connectivity index (χ4v) is 2.60. The molecule has 2 rings (SSSR count). The summed E-state index contributed by atoms with van der Waals surface area (Å²) in [6, 6.07) is 5.90. The van der Waals surface area contributed by atoms with Crippen LogP contribution in [0.4, 0.5) is 5.69 Å².